The monoisotopic (exact) mass is 378 g/mol. The number of para-hydroxylation sites is 1. The second-order valence-corrected chi connectivity index (χ2v) is 7.60. The van der Waals surface area contributed by atoms with E-state index < -0.39 is 11.8 Å². The molecule has 7 heteroatoms. The lowest BCUT2D eigenvalue weighted by Crippen LogP contribution is -2.44. The topological polar surface area (TPSA) is 45.2 Å². The number of aliphatic hydroxyl groups is 1. The van der Waals surface area contributed by atoms with Gasteiger partial charge in [0.2, 0.25) is 5.60 Å². The van der Waals surface area contributed by atoms with E-state index in [1.165, 1.54) is 6.07 Å². The van der Waals surface area contributed by atoms with Gasteiger partial charge in [0, 0.05) is 17.8 Å². The fourth-order valence-corrected chi connectivity index (χ4v) is 4.55. The van der Waals surface area contributed by atoms with Gasteiger partial charge in [0.1, 0.15) is 5.01 Å². The van der Waals surface area contributed by atoms with Crippen LogP contribution < -0.4 is 5.32 Å². The van der Waals surface area contributed by atoms with Crippen LogP contribution in [0.2, 0.25) is 0 Å². The first-order chi connectivity index (χ1) is 12.3. The number of benzene rings is 2. The first kappa shape index (κ1) is 17.3. The van der Waals surface area contributed by atoms with Crippen LogP contribution in [0.1, 0.15) is 28.1 Å². The molecule has 0 aliphatic carbocycles. The fraction of sp³-hybridized carbons (Fsp3) is 0.316. The fourth-order valence-electron chi connectivity index (χ4n) is 3.46. The molecule has 2 N–H and O–H groups in total. The number of aromatic nitrogens is 1. The lowest BCUT2D eigenvalue weighted by molar-refractivity contribution is -0.248. The Labute approximate surface area is 152 Å². The van der Waals surface area contributed by atoms with Crippen LogP contribution in [0.3, 0.4) is 0 Å². The molecular formula is C19H17F3N2OS. The van der Waals surface area contributed by atoms with Gasteiger partial charge in [0.15, 0.2) is 0 Å². The Morgan fingerprint density at radius 3 is 2.69 bits per heavy atom. The van der Waals surface area contributed by atoms with E-state index in [1.54, 1.807) is 31.2 Å². The van der Waals surface area contributed by atoms with Crippen molar-refractivity contribution in [3.63, 3.8) is 0 Å². The van der Waals surface area contributed by atoms with Gasteiger partial charge in [-0.1, -0.05) is 29.8 Å². The molecule has 136 valence electrons. The van der Waals surface area contributed by atoms with Gasteiger partial charge >= 0.3 is 6.18 Å². The van der Waals surface area contributed by atoms with Crippen LogP contribution in [0.4, 0.5) is 18.9 Å². The maximum atomic E-state index is 14.2. The van der Waals surface area contributed by atoms with Crippen molar-refractivity contribution in [3.8, 4) is 0 Å². The lowest BCUT2D eigenvalue weighted by Gasteiger charge is -2.33. The van der Waals surface area contributed by atoms with E-state index in [9.17, 15) is 18.3 Å². The summed E-state index contributed by atoms with van der Waals surface area (Å²) < 4.78 is 43.2. The van der Waals surface area contributed by atoms with Crippen molar-refractivity contribution in [2.45, 2.75) is 31.5 Å². The largest absolute Gasteiger partial charge is 0.428 e. The maximum absolute atomic E-state index is 14.2. The van der Waals surface area contributed by atoms with Crippen LogP contribution in [0, 0.1) is 6.92 Å². The number of hydrogen-bond donors (Lipinski definition) is 2. The minimum atomic E-state index is -4.90. The molecule has 2 aromatic carbocycles. The zero-order chi connectivity index (χ0) is 18.5. The van der Waals surface area contributed by atoms with Crippen molar-refractivity contribution < 1.29 is 18.3 Å². The minimum Gasteiger partial charge on any atom is -0.384 e. The van der Waals surface area contributed by atoms with Crippen LogP contribution in [0.15, 0.2) is 36.4 Å². The molecule has 0 fully saturated rings. The molecule has 0 saturated carbocycles. The minimum absolute atomic E-state index is 0.168. The highest BCUT2D eigenvalue weighted by atomic mass is 32.1. The number of hydrogen-bond acceptors (Lipinski definition) is 4. The van der Waals surface area contributed by atoms with Gasteiger partial charge in [-0.15, -0.1) is 11.3 Å². The lowest BCUT2D eigenvalue weighted by atomic mass is 9.86. The van der Waals surface area contributed by atoms with Crippen LogP contribution in [-0.4, -0.2) is 22.8 Å². The summed E-state index contributed by atoms with van der Waals surface area (Å²) in [4.78, 5) is 4.13. The Balaban J connectivity index is 2.01. The van der Waals surface area contributed by atoms with Crippen molar-refractivity contribution in [2.24, 2.45) is 0 Å². The SMILES string of the molecule is Cc1cc2c(c([C@@](O)(c3nc4ccccc4s3)C(F)(F)F)c1)NCCC2. The van der Waals surface area contributed by atoms with Gasteiger partial charge in [-0.2, -0.15) is 13.2 Å². The Morgan fingerprint density at radius 2 is 1.96 bits per heavy atom. The van der Waals surface area contributed by atoms with Crippen LogP contribution >= 0.6 is 11.3 Å². The molecule has 0 spiro atoms. The van der Waals surface area contributed by atoms with Crippen molar-refractivity contribution in [1.29, 1.82) is 0 Å². The Bertz CT molecular complexity index is 950. The number of fused-ring (bicyclic) bond motifs is 2. The van der Waals surface area contributed by atoms with Gasteiger partial charge in [-0.05, 0) is 37.5 Å². The van der Waals surface area contributed by atoms with Crippen LogP contribution in [-0.2, 0) is 12.0 Å². The highest BCUT2D eigenvalue weighted by Crippen LogP contribution is 2.50. The summed E-state index contributed by atoms with van der Waals surface area (Å²) in [5.74, 6) is 0. The van der Waals surface area contributed by atoms with E-state index in [0.717, 1.165) is 23.3 Å². The molecule has 0 unspecified atom stereocenters. The molecule has 3 nitrogen and oxygen atoms in total. The van der Waals surface area contributed by atoms with E-state index in [0.29, 0.717) is 34.4 Å². The normalized spacial score (nSPS) is 16.8. The summed E-state index contributed by atoms with van der Waals surface area (Å²) in [6.45, 7) is 2.32. The number of nitrogens with one attached hydrogen (secondary N) is 1. The number of alkyl halides is 3. The first-order valence-corrected chi connectivity index (χ1v) is 9.15. The molecule has 0 radical (unpaired) electrons. The summed E-state index contributed by atoms with van der Waals surface area (Å²) in [6, 6.07) is 10.1. The number of aryl methyl sites for hydroxylation is 2. The van der Waals surface area contributed by atoms with Gasteiger partial charge < -0.3 is 10.4 Å². The van der Waals surface area contributed by atoms with Crippen molar-refractivity contribution >= 4 is 27.2 Å². The predicted molar refractivity (Wildman–Crippen MR) is 96.7 cm³/mol. The molecule has 1 aliphatic rings. The molecule has 1 atom stereocenters. The van der Waals surface area contributed by atoms with E-state index in [1.807, 2.05) is 6.07 Å². The average Bonchev–Trinajstić information content (AvgIpc) is 3.03. The molecule has 0 saturated heterocycles. The van der Waals surface area contributed by atoms with Gasteiger partial charge in [-0.25, -0.2) is 4.98 Å². The van der Waals surface area contributed by atoms with E-state index in [2.05, 4.69) is 10.3 Å². The van der Waals surface area contributed by atoms with Gasteiger partial charge in [0.25, 0.3) is 0 Å². The third-order valence-corrected chi connectivity index (χ3v) is 5.84. The molecular weight excluding hydrogens is 361 g/mol. The molecule has 1 aromatic heterocycles. The smallest absolute Gasteiger partial charge is 0.384 e. The average molecular weight is 378 g/mol. The first-order valence-electron chi connectivity index (χ1n) is 8.34. The number of halogens is 3. The molecule has 0 amide bonds. The predicted octanol–water partition coefficient (Wildman–Crippen LogP) is 4.76. The number of nitrogens with zero attached hydrogens (tertiary/aromatic N) is 1. The molecule has 0 bridgehead atoms. The zero-order valence-electron chi connectivity index (χ0n) is 14.0. The zero-order valence-corrected chi connectivity index (χ0v) is 14.8. The molecule has 3 aromatic rings. The molecule has 26 heavy (non-hydrogen) atoms. The van der Waals surface area contributed by atoms with E-state index in [-0.39, 0.29) is 10.6 Å². The molecule has 1 aliphatic heterocycles. The molecule has 2 heterocycles. The van der Waals surface area contributed by atoms with Crippen molar-refractivity contribution in [2.75, 3.05) is 11.9 Å². The molecule has 4 rings (SSSR count). The van der Waals surface area contributed by atoms with Crippen LogP contribution in [0.25, 0.3) is 10.2 Å². The second kappa shape index (κ2) is 5.96. The maximum Gasteiger partial charge on any atom is 0.428 e. The highest BCUT2D eigenvalue weighted by molar-refractivity contribution is 7.18. The summed E-state index contributed by atoms with van der Waals surface area (Å²) in [6.07, 6.45) is -3.37. The van der Waals surface area contributed by atoms with Crippen molar-refractivity contribution in [3.05, 3.63) is 58.1 Å². The second-order valence-electron chi connectivity index (χ2n) is 6.57. The Morgan fingerprint density at radius 1 is 1.19 bits per heavy atom. The third kappa shape index (κ3) is 2.57. The highest BCUT2D eigenvalue weighted by Gasteiger charge is 2.59. The summed E-state index contributed by atoms with van der Waals surface area (Å²) in [5, 5.41) is 13.8. The van der Waals surface area contributed by atoms with Crippen LogP contribution in [0.5, 0.6) is 0 Å². The van der Waals surface area contributed by atoms with Crippen molar-refractivity contribution in [1.82, 2.24) is 4.98 Å². The van der Waals surface area contributed by atoms with Gasteiger partial charge in [0.05, 0.1) is 10.2 Å². The number of thiazole rings is 1. The summed E-state index contributed by atoms with van der Waals surface area (Å²) >= 11 is 0.874. The quantitative estimate of drug-likeness (QED) is 0.676. The standard InChI is InChI=1S/C19H17F3N2OS/c1-11-9-12-5-4-8-23-16(12)13(10-11)18(25,19(20,21)22)17-24-14-6-2-3-7-15(14)26-17/h2-3,6-7,9-10,23,25H,4-5,8H2,1H3/t18-/m1/s1. The van der Waals surface area contributed by atoms with E-state index in [4.69, 9.17) is 0 Å². The summed E-state index contributed by atoms with van der Waals surface area (Å²) in [5.41, 5.74) is -1.01. The Hall–Kier alpha value is -2.12. The Kier molecular flexibility index (Phi) is 3.96. The van der Waals surface area contributed by atoms with Gasteiger partial charge in [-0.3, -0.25) is 0 Å². The van der Waals surface area contributed by atoms with E-state index >= 15 is 0 Å². The number of rotatable bonds is 2. The third-order valence-electron chi connectivity index (χ3n) is 4.69. The number of anilines is 1. The summed E-state index contributed by atoms with van der Waals surface area (Å²) in [7, 11) is 0.